The van der Waals surface area contributed by atoms with E-state index in [1.54, 1.807) is 0 Å². The first-order valence-corrected chi connectivity index (χ1v) is 4.99. The number of benzene rings is 1. The van der Waals surface area contributed by atoms with Gasteiger partial charge in [-0.25, -0.2) is 8.78 Å². The van der Waals surface area contributed by atoms with Crippen molar-refractivity contribution >= 4 is 0 Å². The lowest BCUT2D eigenvalue weighted by Crippen LogP contribution is -2.12. The van der Waals surface area contributed by atoms with E-state index >= 15 is 0 Å². The fourth-order valence-corrected chi connectivity index (χ4v) is 1.24. The molecule has 0 fully saturated rings. The Bertz CT molecular complexity index is 322. The van der Waals surface area contributed by atoms with Crippen LogP contribution in [0.5, 0.6) is 5.75 Å². The van der Waals surface area contributed by atoms with Crippen LogP contribution in [0.15, 0.2) is 12.1 Å². The van der Waals surface area contributed by atoms with Gasteiger partial charge in [0, 0.05) is 13.7 Å². The zero-order valence-electron chi connectivity index (χ0n) is 9.35. The van der Waals surface area contributed by atoms with Gasteiger partial charge in [-0.3, -0.25) is 0 Å². The monoisotopic (exact) mass is 231 g/mol. The smallest absolute Gasteiger partial charge is 0.193 e. The van der Waals surface area contributed by atoms with E-state index in [0.29, 0.717) is 12.1 Å². The highest BCUT2D eigenvalue weighted by Crippen LogP contribution is 2.23. The fourth-order valence-electron chi connectivity index (χ4n) is 1.24. The van der Waals surface area contributed by atoms with E-state index in [-0.39, 0.29) is 6.79 Å². The van der Waals surface area contributed by atoms with Crippen molar-refractivity contribution in [3.8, 4) is 5.75 Å². The Labute approximate surface area is 93.4 Å². The molecule has 90 valence electrons. The first-order valence-electron chi connectivity index (χ1n) is 4.99. The number of methoxy groups -OCH3 is 1. The summed E-state index contributed by atoms with van der Waals surface area (Å²) in [7, 11) is 1.38. The lowest BCUT2D eigenvalue weighted by Gasteiger charge is -2.09. The van der Waals surface area contributed by atoms with Crippen LogP contribution in [-0.2, 0) is 11.3 Å². The lowest BCUT2D eigenvalue weighted by atomic mass is 10.2. The van der Waals surface area contributed by atoms with Gasteiger partial charge in [-0.05, 0) is 24.2 Å². The Morgan fingerprint density at radius 2 is 1.88 bits per heavy atom. The molecule has 0 bridgehead atoms. The van der Waals surface area contributed by atoms with Crippen molar-refractivity contribution < 1.29 is 18.3 Å². The average molecular weight is 231 g/mol. The standard InChI is InChI=1S/C11H15F2NO2/c1-3-14-6-8-4-9(12)11(10(13)5-8)16-7-15-2/h4-5,14H,3,6-7H2,1-2H3. The summed E-state index contributed by atoms with van der Waals surface area (Å²) in [5, 5.41) is 2.98. The van der Waals surface area contributed by atoms with Crippen LogP contribution in [0.3, 0.4) is 0 Å². The van der Waals surface area contributed by atoms with E-state index < -0.39 is 17.4 Å². The van der Waals surface area contributed by atoms with Gasteiger partial charge in [0.25, 0.3) is 0 Å². The molecule has 0 unspecified atom stereocenters. The molecule has 1 rings (SSSR count). The molecule has 1 N–H and O–H groups in total. The second-order valence-electron chi connectivity index (χ2n) is 3.22. The zero-order valence-corrected chi connectivity index (χ0v) is 9.35. The molecular formula is C11H15F2NO2. The third-order valence-electron chi connectivity index (χ3n) is 1.96. The predicted octanol–water partition coefficient (Wildman–Crippen LogP) is 2.06. The van der Waals surface area contributed by atoms with Crippen LogP contribution in [0.4, 0.5) is 8.78 Å². The summed E-state index contributed by atoms with van der Waals surface area (Å²) in [4.78, 5) is 0. The van der Waals surface area contributed by atoms with Crippen molar-refractivity contribution in [2.75, 3.05) is 20.4 Å². The third-order valence-corrected chi connectivity index (χ3v) is 1.96. The van der Waals surface area contributed by atoms with E-state index in [1.165, 1.54) is 19.2 Å². The minimum Gasteiger partial charge on any atom is -0.461 e. The number of halogens is 2. The first kappa shape index (κ1) is 12.9. The average Bonchev–Trinajstić information content (AvgIpc) is 2.25. The summed E-state index contributed by atoms with van der Waals surface area (Å²) in [5.41, 5.74) is 0.543. The molecule has 0 atom stereocenters. The van der Waals surface area contributed by atoms with Gasteiger partial charge in [-0.1, -0.05) is 6.92 Å². The van der Waals surface area contributed by atoms with Gasteiger partial charge in [-0.15, -0.1) is 0 Å². The van der Waals surface area contributed by atoms with Crippen molar-refractivity contribution in [2.45, 2.75) is 13.5 Å². The molecule has 0 saturated heterocycles. The molecule has 0 saturated carbocycles. The Morgan fingerprint density at radius 1 is 1.25 bits per heavy atom. The van der Waals surface area contributed by atoms with Gasteiger partial charge in [0.15, 0.2) is 24.2 Å². The van der Waals surface area contributed by atoms with Crippen LogP contribution >= 0.6 is 0 Å². The van der Waals surface area contributed by atoms with Gasteiger partial charge in [0.1, 0.15) is 0 Å². The number of hydrogen-bond donors (Lipinski definition) is 1. The number of hydrogen-bond acceptors (Lipinski definition) is 3. The van der Waals surface area contributed by atoms with Crippen molar-refractivity contribution in [2.24, 2.45) is 0 Å². The van der Waals surface area contributed by atoms with Crippen LogP contribution in [0.25, 0.3) is 0 Å². The van der Waals surface area contributed by atoms with Crippen LogP contribution in [0.2, 0.25) is 0 Å². The Kier molecular flexibility index (Phi) is 5.14. The number of rotatable bonds is 6. The highest BCUT2D eigenvalue weighted by Gasteiger charge is 2.12. The van der Waals surface area contributed by atoms with Crippen LogP contribution < -0.4 is 10.1 Å². The van der Waals surface area contributed by atoms with Crippen LogP contribution in [-0.4, -0.2) is 20.4 Å². The van der Waals surface area contributed by atoms with Crippen LogP contribution in [0.1, 0.15) is 12.5 Å². The maximum atomic E-state index is 13.4. The molecule has 1 aromatic carbocycles. The van der Waals surface area contributed by atoms with E-state index in [2.05, 4.69) is 10.1 Å². The quantitative estimate of drug-likeness (QED) is 0.760. The van der Waals surface area contributed by atoms with Gasteiger partial charge in [-0.2, -0.15) is 0 Å². The molecule has 0 aliphatic heterocycles. The molecule has 0 spiro atoms. The van der Waals surface area contributed by atoms with E-state index in [9.17, 15) is 8.78 Å². The number of nitrogens with one attached hydrogen (secondary N) is 1. The molecule has 0 aromatic heterocycles. The molecule has 0 radical (unpaired) electrons. The lowest BCUT2D eigenvalue weighted by molar-refractivity contribution is 0.0452. The highest BCUT2D eigenvalue weighted by molar-refractivity contribution is 5.31. The summed E-state index contributed by atoms with van der Waals surface area (Å²) in [6, 6.07) is 2.49. The topological polar surface area (TPSA) is 30.5 Å². The molecule has 1 aromatic rings. The summed E-state index contributed by atoms with van der Waals surface area (Å²) in [5.74, 6) is -1.84. The van der Waals surface area contributed by atoms with Gasteiger partial charge in [0.2, 0.25) is 0 Å². The second kappa shape index (κ2) is 6.40. The second-order valence-corrected chi connectivity index (χ2v) is 3.22. The molecule has 16 heavy (non-hydrogen) atoms. The largest absolute Gasteiger partial charge is 0.461 e. The van der Waals surface area contributed by atoms with Crippen molar-refractivity contribution in [3.05, 3.63) is 29.3 Å². The minimum atomic E-state index is -0.718. The third kappa shape index (κ3) is 3.43. The van der Waals surface area contributed by atoms with E-state index in [4.69, 9.17) is 4.74 Å². The fraction of sp³-hybridized carbons (Fsp3) is 0.455. The van der Waals surface area contributed by atoms with Gasteiger partial charge < -0.3 is 14.8 Å². The Hall–Kier alpha value is -1.20. The first-order chi connectivity index (χ1) is 7.69. The maximum absolute atomic E-state index is 13.4. The van der Waals surface area contributed by atoms with Crippen molar-refractivity contribution in [1.82, 2.24) is 5.32 Å². The molecule has 3 nitrogen and oxygen atoms in total. The summed E-state index contributed by atoms with van der Waals surface area (Å²) in [6.07, 6.45) is 0. The van der Waals surface area contributed by atoms with Gasteiger partial charge in [0.05, 0.1) is 0 Å². The van der Waals surface area contributed by atoms with Crippen molar-refractivity contribution in [1.29, 1.82) is 0 Å². The van der Waals surface area contributed by atoms with Crippen molar-refractivity contribution in [3.63, 3.8) is 0 Å². The summed E-state index contributed by atoms with van der Waals surface area (Å²) in [6.45, 7) is 2.91. The normalized spacial score (nSPS) is 10.5. The van der Waals surface area contributed by atoms with Crippen LogP contribution in [0, 0.1) is 11.6 Å². The summed E-state index contributed by atoms with van der Waals surface area (Å²) >= 11 is 0. The van der Waals surface area contributed by atoms with Gasteiger partial charge >= 0.3 is 0 Å². The Balaban J connectivity index is 2.80. The molecule has 5 heteroatoms. The molecule has 0 aliphatic carbocycles. The molecular weight excluding hydrogens is 216 g/mol. The van der Waals surface area contributed by atoms with E-state index in [1.807, 2.05) is 6.92 Å². The molecule has 0 aliphatic rings. The summed E-state index contributed by atoms with van der Waals surface area (Å²) < 4.78 is 36.2. The Morgan fingerprint density at radius 3 is 2.38 bits per heavy atom. The maximum Gasteiger partial charge on any atom is 0.193 e. The zero-order chi connectivity index (χ0) is 12.0. The molecule has 0 amide bonds. The number of ether oxygens (including phenoxy) is 2. The SMILES string of the molecule is CCNCc1cc(F)c(OCOC)c(F)c1. The highest BCUT2D eigenvalue weighted by atomic mass is 19.1. The van der Waals surface area contributed by atoms with E-state index in [0.717, 1.165) is 6.54 Å². The minimum absolute atomic E-state index is 0.180. The predicted molar refractivity (Wildman–Crippen MR) is 56.2 cm³/mol. The molecule has 0 heterocycles.